The molecular weight excluding hydrogens is 266 g/mol. The fourth-order valence-electron chi connectivity index (χ4n) is 2.29. The molecule has 1 aromatic carbocycles. The minimum Gasteiger partial charge on any atom is -0.316 e. The molecule has 0 aliphatic carbocycles. The average molecular weight is 285 g/mol. The molecule has 1 N–H and O–H groups in total. The number of hydrogen-bond acceptors (Lipinski definition) is 4. The number of thioether (sulfide) groups is 1. The van der Waals surface area contributed by atoms with Gasteiger partial charge in [0.1, 0.15) is 9.84 Å². The summed E-state index contributed by atoms with van der Waals surface area (Å²) in [6.45, 7) is 0. The molecular formula is C13H19NO2S2. The maximum absolute atomic E-state index is 11.3. The van der Waals surface area contributed by atoms with Gasteiger partial charge < -0.3 is 5.32 Å². The number of sulfone groups is 1. The Morgan fingerprint density at radius 2 is 2.17 bits per heavy atom. The van der Waals surface area contributed by atoms with Crippen LogP contribution in [0.25, 0.3) is 0 Å². The van der Waals surface area contributed by atoms with Crippen molar-refractivity contribution in [3.05, 3.63) is 29.8 Å². The Labute approximate surface area is 113 Å². The lowest BCUT2D eigenvalue weighted by molar-refractivity contribution is 0.519. The molecule has 1 aromatic rings. The van der Waals surface area contributed by atoms with Gasteiger partial charge in [-0.25, -0.2) is 8.42 Å². The lowest BCUT2D eigenvalue weighted by Gasteiger charge is -2.21. The van der Waals surface area contributed by atoms with Crippen LogP contribution in [0.5, 0.6) is 0 Å². The summed E-state index contributed by atoms with van der Waals surface area (Å²) in [6, 6.07) is 8.66. The van der Waals surface area contributed by atoms with E-state index in [2.05, 4.69) is 29.6 Å². The second kappa shape index (κ2) is 5.63. The molecule has 0 fully saturated rings. The van der Waals surface area contributed by atoms with Crippen LogP contribution in [0.2, 0.25) is 0 Å². The Morgan fingerprint density at radius 1 is 1.44 bits per heavy atom. The highest BCUT2D eigenvalue weighted by Crippen LogP contribution is 2.38. The Bertz CT molecular complexity index is 488. The number of hydrogen-bond donors (Lipinski definition) is 1. The third-order valence-corrected chi connectivity index (χ3v) is 5.72. The first kappa shape index (κ1) is 13.9. The smallest absolute Gasteiger partial charge is 0.147 e. The topological polar surface area (TPSA) is 46.2 Å². The fraction of sp³-hybridized carbons (Fsp3) is 0.538. The van der Waals surface area contributed by atoms with Crippen LogP contribution in [0.15, 0.2) is 29.2 Å². The number of fused-ring (bicyclic) bond motifs is 1. The van der Waals surface area contributed by atoms with E-state index in [0.29, 0.717) is 11.7 Å². The third-order valence-electron chi connectivity index (χ3n) is 3.29. The molecule has 100 valence electrons. The van der Waals surface area contributed by atoms with Gasteiger partial charge in [-0.2, -0.15) is 0 Å². The largest absolute Gasteiger partial charge is 0.316 e. The standard InChI is InChI=1S/C13H19NO2S2/c1-14-11(7-8-18(2,15)16)13-9-10-5-3-4-6-12(10)17-13/h3-6,11,13-14H,7-9H2,1-2H3. The molecule has 0 spiro atoms. The zero-order valence-corrected chi connectivity index (χ0v) is 12.4. The zero-order chi connectivity index (χ0) is 13.2. The highest BCUT2D eigenvalue weighted by Gasteiger charge is 2.28. The Hall–Kier alpha value is -0.520. The normalized spacial score (nSPS) is 20.7. The van der Waals surface area contributed by atoms with Crippen LogP contribution in [-0.2, 0) is 16.3 Å². The van der Waals surface area contributed by atoms with Crippen LogP contribution < -0.4 is 5.32 Å². The van der Waals surface area contributed by atoms with Gasteiger partial charge in [0.2, 0.25) is 0 Å². The van der Waals surface area contributed by atoms with Crippen LogP contribution >= 0.6 is 11.8 Å². The summed E-state index contributed by atoms with van der Waals surface area (Å²) in [5.41, 5.74) is 1.38. The Balaban J connectivity index is 2.00. The van der Waals surface area contributed by atoms with E-state index in [1.165, 1.54) is 16.7 Å². The minimum atomic E-state index is -2.88. The summed E-state index contributed by atoms with van der Waals surface area (Å²) in [5, 5.41) is 3.71. The summed E-state index contributed by atoms with van der Waals surface area (Å²) in [6.07, 6.45) is 3.01. The van der Waals surface area contributed by atoms with Crippen molar-refractivity contribution in [1.29, 1.82) is 0 Å². The number of nitrogens with one attached hydrogen (secondary N) is 1. The quantitative estimate of drug-likeness (QED) is 0.895. The summed E-state index contributed by atoms with van der Waals surface area (Å²) >= 11 is 1.86. The van der Waals surface area contributed by atoms with E-state index in [1.807, 2.05) is 18.8 Å². The van der Waals surface area contributed by atoms with Crippen molar-refractivity contribution in [2.24, 2.45) is 0 Å². The second-order valence-corrected chi connectivity index (χ2v) is 8.32. The maximum atomic E-state index is 11.3. The van der Waals surface area contributed by atoms with Gasteiger partial charge in [0.05, 0.1) is 5.75 Å². The molecule has 0 saturated heterocycles. The number of benzene rings is 1. The SMILES string of the molecule is CNC(CCS(C)(=O)=O)C1Cc2ccccc2S1. The van der Waals surface area contributed by atoms with Gasteiger partial charge in [-0.05, 0) is 31.5 Å². The van der Waals surface area contributed by atoms with Crippen molar-refractivity contribution in [2.45, 2.75) is 29.0 Å². The molecule has 18 heavy (non-hydrogen) atoms. The van der Waals surface area contributed by atoms with Gasteiger partial charge >= 0.3 is 0 Å². The number of rotatable bonds is 5. The van der Waals surface area contributed by atoms with E-state index in [4.69, 9.17) is 0 Å². The predicted molar refractivity (Wildman–Crippen MR) is 77.0 cm³/mol. The highest BCUT2D eigenvalue weighted by atomic mass is 32.2. The lowest BCUT2D eigenvalue weighted by atomic mass is 10.0. The molecule has 0 saturated carbocycles. The summed E-state index contributed by atoms with van der Waals surface area (Å²) < 4.78 is 22.5. The molecule has 1 aliphatic rings. The van der Waals surface area contributed by atoms with Gasteiger partial charge in [0.15, 0.2) is 0 Å². The van der Waals surface area contributed by atoms with Crippen molar-refractivity contribution in [3.63, 3.8) is 0 Å². The molecule has 0 amide bonds. The third kappa shape index (κ3) is 3.49. The van der Waals surface area contributed by atoms with Crippen LogP contribution in [0.1, 0.15) is 12.0 Å². The molecule has 2 rings (SSSR count). The van der Waals surface area contributed by atoms with Crippen molar-refractivity contribution in [1.82, 2.24) is 5.32 Å². The molecule has 1 heterocycles. The van der Waals surface area contributed by atoms with E-state index in [0.717, 1.165) is 6.42 Å². The predicted octanol–water partition coefficient (Wildman–Crippen LogP) is 1.73. The van der Waals surface area contributed by atoms with Gasteiger partial charge in [-0.1, -0.05) is 18.2 Å². The average Bonchev–Trinajstić information content (AvgIpc) is 2.71. The molecule has 3 nitrogen and oxygen atoms in total. The van der Waals surface area contributed by atoms with Crippen molar-refractivity contribution in [3.8, 4) is 0 Å². The van der Waals surface area contributed by atoms with E-state index in [-0.39, 0.29) is 11.8 Å². The Morgan fingerprint density at radius 3 is 2.78 bits per heavy atom. The molecule has 5 heteroatoms. The molecule has 0 aromatic heterocycles. The molecule has 2 unspecified atom stereocenters. The second-order valence-electron chi connectivity index (χ2n) is 4.78. The van der Waals surface area contributed by atoms with Gasteiger partial charge in [0.25, 0.3) is 0 Å². The summed E-state index contributed by atoms with van der Waals surface area (Å²) in [7, 11) is -0.962. The van der Waals surface area contributed by atoms with Crippen LogP contribution in [0.4, 0.5) is 0 Å². The zero-order valence-electron chi connectivity index (χ0n) is 10.7. The van der Waals surface area contributed by atoms with Crippen molar-refractivity contribution in [2.75, 3.05) is 19.1 Å². The Kier molecular flexibility index (Phi) is 4.35. The first-order valence-electron chi connectivity index (χ1n) is 6.09. The summed E-state index contributed by atoms with van der Waals surface area (Å²) in [5.74, 6) is 0.256. The van der Waals surface area contributed by atoms with E-state index in [9.17, 15) is 8.42 Å². The summed E-state index contributed by atoms with van der Waals surface area (Å²) in [4.78, 5) is 1.34. The molecule has 1 aliphatic heterocycles. The van der Waals surface area contributed by atoms with Gasteiger partial charge in [0, 0.05) is 22.4 Å². The monoisotopic (exact) mass is 285 g/mol. The van der Waals surface area contributed by atoms with Crippen LogP contribution in [-0.4, -0.2) is 38.8 Å². The fourth-order valence-corrected chi connectivity index (χ4v) is 4.46. The molecule has 0 bridgehead atoms. The molecule has 0 radical (unpaired) electrons. The minimum absolute atomic E-state index is 0.247. The van der Waals surface area contributed by atoms with E-state index >= 15 is 0 Å². The van der Waals surface area contributed by atoms with E-state index in [1.54, 1.807) is 0 Å². The van der Waals surface area contributed by atoms with Crippen molar-refractivity contribution < 1.29 is 8.42 Å². The first-order valence-corrected chi connectivity index (χ1v) is 9.03. The molecule has 2 atom stereocenters. The van der Waals surface area contributed by atoms with Crippen LogP contribution in [0, 0.1) is 0 Å². The highest BCUT2D eigenvalue weighted by molar-refractivity contribution is 8.00. The van der Waals surface area contributed by atoms with Gasteiger partial charge in [-0.15, -0.1) is 11.8 Å². The van der Waals surface area contributed by atoms with Crippen LogP contribution in [0.3, 0.4) is 0 Å². The van der Waals surface area contributed by atoms with Crippen molar-refractivity contribution >= 4 is 21.6 Å². The van der Waals surface area contributed by atoms with E-state index < -0.39 is 9.84 Å². The van der Waals surface area contributed by atoms with Gasteiger partial charge in [-0.3, -0.25) is 0 Å². The first-order chi connectivity index (χ1) is 8.49. The maximum Gasteiger partial charge on any atom is 0.147 e. The lowest BCUT2D eigenvalue weighted by Crippen LogP contribution is -2.37.